The summed E-state index contributed by atoms with van der Waals surface area (Å²) in [5, 5.41) is 1.29. The average molecular weight is 216 g/mol. The summed E-state index contributed by atoms with van der Waals surface area (Å²) in [7, 11) is 2.09. The SMILES string of the molecule is Cn1ccc2cccc(C3(CON)CC3)c21. The highest BCUT2D eigenvalue weighted by Gasteiger charge is 2.45. The van der Waals surface area contributed by atoms with Crippen LogP contribution in [0.1, 0.15) is 18.4 Å². The zero-order valence-electron chi connectivity index (χ0n) is 9.44. The molecule has 0 atom stereocenters. The van der Waals surface area contributed by atoms with Gasteiger partial charge < -0.3 is 9.40 Å². The van der Waals surface area contributed by atoms with Gasteiger partial charge in [0.25, 0.3) is 0 Å². The van der Waals surface area contributed by atoms with Crippen LogP contribution < -0.4 is 5.90 Å². The Bertz CT molecular complexity index is 526. The predicted octanol–water partition coefficient (Wildman–Crippen LogP) is 2.10. The normalized spacial score (nSPS) is 17.9. The summed E-state index contributed by atoms with van der Waals surface area (Å²) in [6.07, 6.45) is 4.45. The quantitative estimate of drug-likeness (QED) is 0.798. The van der Waals surface area contributed by atoms with Crippen LogP contribution in [0.25, 0.3) is 10.9 Å². The van der Waals surface area contributed by atoms with Crippen LogP contribution in [0.4, 0.5) is 0 Å². The van der Waals surface area contributed by atoms with Gasteiger partial charge in [0, 0.05) is 18.7 Å². The third kappa shape index (κ3) is 1.29. The van der Waals surface area contributed by atoms with Crippen LogP contribution >= 0.6 is 0 Å². The standard InChI is InChI=1S/C13H16N2O/c1-15-8-5-10-3-2-4-11(12(10)15)13(6-7-13)9-16-14/h2-5,8H,6-7,9,14H2,1H3. The molecule has 2 N–H and O–H groups in total. The lowest BCUT2D eigenvalue weighted by molar-refractivity contribution is 0.116. The van der Waals surface area contributed by atoms with Gasteiger partial charge in [-0.1, -0.05) is 18.2 Å². The van der Waals surface area contributed by atoms with E-state index in [1.54, 1.807) is 0 Å². The van der Waals surface area contributed by atoms with Crippen molar-refractivity contribution in [2.24, 2.45) is 12.9 Å². The maximum Gasteiger partial charge on any atom is 0.0776 e. The highest BCUT2D eigenvalue weighted by molar-refractivity contribution is 5.84. The summed E-state index contributed by atoms with van der Waals surface area (Å²) in [6.45, 7) is 0.622. The minimum absolute atomic E-state index is 0.167. The molecule has 0 spiro atoms. The predicted molar refractivity (Wildman–Crippen MR) is 64.0 cm³/mol. The number of nitrogens with zero attached hydrogens (tertiary/aromatic N) is 1. The lowest BCUT2D eigenvalue weighted by atomic mass is 9.95. The van der Waals surface area contributed by atoms with E-state index in [1.165, 1.54) is 29.3 Å². The van der Waals surface area contributed by atoms with Crippen LogP contribution in [0.3, 0.4) is 0 Å². The fourth-order valence-electron chi connectivity index (χ4n) is 2.59. The minimum Gasteiger partial charge on any atom is -0.350 e. The van der Waals surface area contributed by atoms with E-state index in [1.807, 2.05) is 0 Å². The molecule has 2 aromatic rings. The molecule has 3 heteroatoms. The Hall–Kier alpha value is -1.32. The lowest BCUT2D eigenvalue weighted by Gasteiger charge is -2.16. The molecule has 0 aliphatic heterocycles. The highest BCUT2D eigenvalue weighted by Crippen LogP contribution is 2.50. The van der Waals surface area contributed by atoms with Gasteiger partial charge in [0.15, 0.2) is 0 Å². The zero-order chi connectivity index (χ0) is 11.2. The van der Waals surface area contributed by atoms with Crippen LogP contribution in [0.2, 0.25) is 0 Å². The van der Waals surface area contributed by atoms with Crippen molar-refractivity contribution in [1.29, 1.82) is 0 Å². The lowest BCUT2D eigenvalue weighted by Crippen LogP contribution is -2.18. The Kier molecular flexibility index (Phi) is 2.06. The largest absolute Gasteiger partial charge is 0.350 e. The molecule has 1 heterocycles. The fourth-order valence-corrected chi connectivity index (χ4v) is 2.59. The first kappa shape index (κ1) is 9.87. The van der Waals surface area contributed by atoms with Gasteiger partial charge in [0.1, 0.15) is 0 Å². The number of aryl methyl sites for hydroxylation is 1. The van der Waals surface area contributed by atoms with Gasteiger partial charge in [-0.3, -0.25) is 0 Å². The van der Waals surface area contributed by atoms with E-state index in [9.17, 15) is 0 Å². The summed E-state index contributed by atoms with van der Waals surface area (Å²) in [5.74, 6) is 5.24. The second kappa shape index (κ2) is 3.34. The number of benzene rings is 1. The van der Waals surface area contributed by atoms with Gasteiger partial charge in [-0.2, -0.15) is 0 Å². The Labute approximate surface area is 94.8 Å². The van der Waals surface area contributed by atoms with Crippen molar-refractivity contribution < 1.29 is 4.84 Å². The van der Waals surface area contributed by atoms with E-state index in [4.69, 9.17) is 10.7 Å². The highest BCUT2D eigenvalue weighted by atomic mass is 16.6. The molecule has 1 saturated carbocycles. The van der Waals surface area contributed by atoms with Crippen LogP contribution in [-0.4, -0.2) is 11.2 Å². The van der Waals surface area contributed by atoms with Gasteiger partial charge >= 0.3 is 0 Å². The number of rotatable bonds is 3. The zero-order valence-corrected chi connectivity index (χ0v) is 9.44. The molecule has 0 unspecified atom stereocenters. The Morgan fingerprint density at radius 1 is 1.38 bits per heavy atom. The van der Waals surface area contributed by atoms with Gasteiger partial charge in [-0.15, -0.1) is 0 Å². The Morgan fingerprint density at radius 3 is 2.88 bits per heavy atom. The molecule has 0 amide bonds. The van der Waals surface area contributed by atoms with Gasteiger partial charge in [0.05, 0.1) is 12.1 Å². The van der Waals surface area contributed by atoms with Crippen molar-refractivity contribution in [2.45, 2.75) is 18.3 Å². The number of para-hydroxylation sites is 1. The fraction of sp³-hybridized carbons (Fsp3) is 0.385. The number of aromatic nitrogens is 1. The molecule has 0 radical (unpaired) electrons. The summed E-state index contributed by atoms with van der Waals surface area (Å²) >= 11 is 0. The third-order valence-corrected chi connectivity index (χ3v) is 3.68. The van der Waals surface area contributed by atoms with Crippen molar-refractivity contribution in [1.82, 2.24) is 4.57 Å². The van der Waals surface area contributed by atoms with Crippen molar-refractivity contribution in [3.8, 4) is 0 Å². The number of fused-ring (bicyclic) bond motifs is 1. The Balaban J connectivity index is 2.19. The topological polar surface area (TPSA) is 40.2 Å². The molecular weight excluding hydrogens is 200 g/mol. The van der Waals surface area contributed by atoms with Crippen molar-refractivity contribution in [2.75, 3.05) is 6.61 Å². The molecule has 84 valence electrons. The van der Waals surface area contributed by atoms with Crippen molar-refractivity contribution >= 4 is 10.9 Å². The van der Waals surface area contributed by atoms with Crippen LogP contribution in [0, 0.1) is 0 Å². The molecule has 16 heavy (non-hydrogen) atoms. The summed E-state index contributed by atoms with van der Waals surface area (Å²) in [4.78, 5) is 4.88. The number of hydrogen-bond donors (Lipinski definition) is 1. The first-order valence-corrected chi connectivity index (χ1v) is 5.63. The summed E-state index contributed by atoms with van der Waals surface area (Å²) < 4.78 is 2.18. The van der Waals surface area contributed by atoms with E-state index in [2.05, 4.69) is 42.1 Å². The van der Waals surface area contributed by atoms with Crippen molar-refractivity contribution in [3.63, 3.8) is 0 Å². The van der Waals surface area contributed by atoms with E-state index in [0.29, 0.717) is 6.61 Å². The number of nitrogens with two attached hydrogens (primary N) is 1. The first-order chi connectivity index (χ1) is 7.77. The molecule has 1 aromatic carbocycles. The van der Waals surface area contributed by atoms with E-state index >= 15 is 0 Å². The maximum atomic E-state index is 5.24. The van der Waals surface area contributed by atoms with E-state index in [-0.39, 0.29) is 5.41 Å². The molecule has 0 bridgehead atoms. The maximum absolute atomic E-state index is 5.24. The van der Waals surface area contributed by atoms with E-state index in [0.717, 1.165) is 0 Å². The molecule has 3 rings (SSSR count). The van der Waals surface area contributed by atoms with Crippen LogP contribution in [-0.2, 0) is 17.3 Å². The molecule has 1 aliphatic rings. The molecule has 1 aromatic heterocycles. The van der Waals surface area contributed by atoms with Crippen LogP contribution in [0.15, 0.2) is 30.5 Å². The molecule has 3 nitrogen and oxygen atoms in total. The smallest absolute Gasteiger partial charge is 0.0776 e. The van der Waals surface area contributed by atoms with Crippen LogP contribution in [0.5, 0.6) is 0 Å². The van der Waals surface area contributed by atoms with E-state index < -0.39 is 0 Å². The van der Waals surface area contributed by atoms with Crippen molar-refractivity contribution in [3.05, 3.63) is 36.0 Å². The minimum atomic E-state index is 0.167. The van der Waals surface area contributed by atoms with Gasteiger partial charge in [-0.25, -0.2) is 5.90 Å². The molecule has 1 aliphatic carbocycles. The van der Waals surface area contributed by atoms with Gasteiger partial charge in [-0.05, 0) is 29.9 Å². The third-order valence-electron chi connectivity index (χ3n) is 3.68. The van der Waals surface area contributed by atoms with Gasteiger partial charge in [0.2, 0.25) is 0 Å². The monoisotopic (exact) mass is 216 g/mol. The summed E-state index contributed by atoms with van der Waals surface area (Å²) in [5.41, 5.74) is 2.86. The average Bonchev–Trinajstić information content (AvgIpc) is 2.98. The second-order valence-electron chi connectivity index (χ2n) is 4.76. The molecular formula is C13H16N2O. The molecule has 0 saturated heterocycles. The summed E-state index contributed by atoms with van der Waals surface area (Å²) in [6, 6.07) is 8.62. The first-order valence-electron chi connectivity index (χ1n) is 5.63. The molecule has 1 fully saturated rings. The Morgan fingerprint density at radius 2 is 2.19 bits per heavy atom. The number of hydrogen-bond acceptors (Lipinski definition) is 2. The second-order valence-corrected chi connectivity index (χ2v) is 4.76.